The molecular formula is C20H22ClIN2O4S. The number of rotatable bonds is 6. The van der Waals surface area contributed by atoms with E-state index in [2.05, 4.69) is 27.9 Å². The molecule has 29 heavy (non-hydrogen) atoms. The Morgan fingerprint density at radius 2 is 1.86 bits per heavy atom. The topological polar surface area (TPSA) is 75.7 Å². The number of ether oxygens (including phenoxy) is 1. The molecule has 0 aromatic heterocycles. The molecule has 1 aliphatic heterocycles. The van der Waals surface area contributed by atoms with Crippen molar-refractivity contribution in [3.8, 4) is 5.75 Å². The van der Waals surface area contributed by atoms with E-state index in [4.69, 9.17) is 16.3 Å². The fourth-order valence-corrected chi connectivity index (χ4v) is 5.46. The number of carbonyl (C=O) groups is 1. The summed E-state index contributed by atoms with van der Waals surface area (Å²) in [6.45, 7) is 2.68. The molecule has 0 saturated carbocycles. The molecule has 3 rings (SSSR count). The van der Waals surface area contributed by atoms with Gasteiger partial charge in [-0.2, -0.15) is 4.31 Å². The second kappa shape index (κ2) is 9.63. The van der Waals surface area contributed by atoms with Crippen LogP contribution in [0.25, 0.3) is 0 Å². The largest absolute Gasteiger partial charge is 0.492 e. The lowest BCUT2D eigenvalue weighted by molar-refractivity contribution is -0.120. The third-order valence-corrected chi connectivity index (χ3v) is 7.63. The number of amides is 1. The highest BCUT2D eigenvalue weighted by Gasteiger charge is 2.34. The van der Waals surface area contributed by atoms with Gasteiger partial charge in [0, 0.05) is 33.3 Å². The van der Waals surface area contributed by atoms with Gasteiger partial charge in [-0.05, 0) is 84.8 Å². The number of hydrogen-bond acceptors (Lipinski definition) is 4. The van der Waals surface area contributed by atoms with E-state index < -0.39 is 10.0 Å². The summed E-state index contributed by atoms with van der Waals surface area (Å²) >= 11 is 8.23. The lowest BCUT2D eigenvalue weighted by atomic mass is 9.97. The number of nitrogens with one attached hydrogen (secondary N) is 1. The van der Waals surface area contributed by atoms with Crippen LogP contribution in [0, 0.1) is 9.49 Å². The van der Waals surface area contributed by atoms with Gasteiger partial charge in [-0.15, -0.1) is 0 Å². The summed E-state index contributed by atoms with van der Waals surface area (Å²) in [5.74, 6) is -0.0251. The number of hydrogen-bond donors (Lipinski definition) is 1. The molecule has 0 aliphatic carbocycles. The van der Waals surface area contributed by atoms with Crippen molar-refractivity contribution in [3.05, 3.63) is 51.1 Å². The van der Waals surface area contributed by atoms with Crippen LogP contribution in [0.3, 0.4) is 0 Å². The molecule has 6 nitrogen and oxygen atoms in total. The van der Waals surface area contributed by atoms with Gasteiger partial charge < -0.3 is 10.1 Å². The van der Waals surface area contributed by atoms with E-state index in [-0.39, 0.29) is 35.6 Å². The van der Waals surface area contributed by atoms with Crippen molar-refractivity contribution in [2.24, 2.45) is 5.92 Å². The van der Waals surface area contributed by atoms with Crippen molar-refractivity contribution in [3.63, 3.8) is 0 Å². The maximum absolute atomic E-state index is 13.1. The van der Waals surface area contributed by atoms with Gasteiger partial charge in [-0.3, -0.25) is 4.79 Å². The van der Waals surface area contributed by atoms with Crippen molar-refractivity contribution in [2.45, 2.75) is 24.7 Å². The summed E-state index contributed by atoms with van der Waals surface area (Å²) in [5.41, 5.74) is 0.741. The summed E-state index contributed by atoms with van der Waals surface area (Å²) in [7, 11) is -3.76. The van der Waals surface area contributed by atoms with Crippen molar-refractivity contribution in [2.75, 3.05) is 25.0 Å². The van der Waals surface area contributed by atoms with Crippen LogP contribution < -0.4 is 10.1 Å². The highest BCUT2D eigenvalue weighted by molar-refractivity contribution is 14.1. The summed E-state index contributed by atoms with van der Waals surface area (Å²) in [6, 6.07) is 12.1. The van der Waals surface area contributed by atoms with Crippen LogP contribution in [-0.4, -0.2) is 38.3 Å². The minimum absolute atomic E-state index is 0.0636. The second-order valence-electron chi connectivity index (χ2n) is 6.70. The van der Waals surface area contributed by atoms with Crippen molar-refractivity contribution < 1.29 is 17.9 Å². The second-order valence-corrected chi connectivity index (χ2v) is 10.3. The average molecular weight is 549 g/mol. The molecule has 0 radical (unpaired) electrons. The first-order valence-electron chi connectivity index (χ1n) is 9.30. The predicted octanol–water partition coefficient (Wildman–Crippen LogP) is 4.38. The molecule has 1 heterocycles. The van der Waals surface area contributed by atoms with Gasteiger partial charge in [-0.1, -0.05) is 11.6 Å². The van der Waals surface area contributed by atoms with Crippen LogP contribution in [0.5, 0.6) is 5.75 Å². The first kappa shape index (κ1) is 22.3. The lowest BCUT2D eigenvalue weighted by Gasteiger charge is -2.31. The molecule has 2 aromatic rings. The number of piperidine rings is 1. The summed E-state index contributed by atoms with van der Waals surface area (Å²) in [5, 5.41) is 3.24. The SMILES string of the molecule is CCOc1ccc(Cl)cc1S(=O)(=O)N1CCC(C(=O)Nc2ccc(I)cc2)CC1. The third kappa shape index (κ3) is 5.42. The number of sulfonamides is 1. The zero-order valence-electron chi connectivity index (χ0n) is 15.9. The molecular weight excluding hydrogens is 527 g/mol. The van der Waals surface area contributed by atoms with E-state index in [0.717, 1.165) is 9.26 Å². The van der Waals surface area contributed by atoms with Crippen LogP contribution in [0.15, 0.2) is 47.4 Å². The Morgan fingerprint density at radius 1 is 1.21 bits per heavy atom. The van der Waals surface area contributed by atoms with Gasteiger partial charge in [0.15, 0.2) is 0 Å². The van der Waals surface area contributed by atoms with E-state index in [1.807, 2.05) is 24.3 Å². The van der Waals surface area contributed by atoms with Gasteiger partial charge in [0.05, 0.1) is 6.61 Å². The minimum Gasteiger partial charge on any atom is -0.492 e. The average Bonchev–Trinajstić information content (AvgIpc) is 2.71. The molecule has 1 amide bonds. The molecule has 0 spiro atoms. The van der Waals surface area contributed by atoms with Crippen LogP contribution in [0.2, 0.25) is 5.02 Å². The Bertz CT molecular complexity index is 974. The summed E-state index contributed by atoms with van der Waals surface area (Å²) < 4.78 is 34.2. The van der Waals surface area contributed by atoms with Crippen LogP contribution >= 0.6 is 34.2 Å². The quantitative estimate of drug-likeness (QED) is 0.544. The molecule has 1 fully saturated rings. The van der Waals surface area contributed by atoms with E-state index in [9.17, 15) is 13.2 Å². The van der Waals surface area contributed by atoms with Gasteiger partial charge >= 0.3 is 0 Å². The first-order valence-corrected chi connectivity index (χ1v) is 12.2. The maximum Gasteiger partial charge on any atom is 0.246 e. The monoisotopic (exact) mass is 548 g/mol. The lowest BCUT2D eigenvalue weighted by Crippen LogP contribution is -2.41. The highest BCUT2D eigenvalue weighted by atomic mass is 127. The Hall–Kier alpha value is -1.36. The van der Waals surface area contributed by atoms with E-state index in [1.54, 1.807) is 19.1 Å². The fourth-order valence-electron chi connectivity index (χ4n) is 3.23. The van der Waals surface area contributed by atoms with Crippen molar-refractivity contribution in [1.82, 2.24) is 4.31 Å². The van der Waals surface area contributed by atoms with E-state index in [0.29, 0.717) is 24.5 Å². The molecule has 1 N–H and O–H groups in total. The number of carbonyl (C=O) groups excluding carboxylic acids is 1. The zero-order valence-corrected chi connectivity index (χ0v) is 19.6. The van der Waals surface area contributed by atoms with Crippen LogP contribution in [0.4, 0.5) is 5.69 Å². The van der Waals surface area contributed by atoms with Gasteiger partial charge in [0.2, 0.25) is 15.9 Å². The molecule has 1 saturated heterocycles. The van der Waals surface area contributed by atoms with Crippen molar-refractivity contribution >= 4 is 55.8 Å². The molecule has 156 valence electrons. The third-order valence-electron chi connectivity index (χ3n) is 4.76. The Balaban J connectivity index is 1.67. The smallest absolute Gasteiger partial charge is 0.246 e. The molecule has 1 aliphatic rings. The molecule has 2 aromatic carbocycles. The number of nitrogens with zero attached hydrogens (tertiary/aromatic N) is 1. The zero-order chi connectivity index (χ0) is 21.0. The standard InChI is InChI=1S/C20H22ClIN2O4S/c1-2-28-18-8-3-15(21)13-19(18)29(26,27)24-11-9-14(10-12-24)20(25)23-17-6-4-16(22)5-7-17/h3-8,13-14H,2,9-12H2,1H3,(H,23,25). The van der Waals surface area contributed by atoms with Gasteiger partial charge in [0.1, 0.15) is 10.6 Å². The minimum atomic E-state index is -3.76. The molecule has 9 heteroatoms. The number of anilines is 1. The normalized spacial score (nSPS) is 15.8. The van der Waals surface area contributed by atoms with Crippen molar-refractivity contribution in [1.29, 1.82) is 0 Å². The summed E-state index contributed by atoms with van der Waals surface area (Å²) in [6.07, 6.45) is 0.917. The van der Waals surface area contributed by atoms with Gasteiger partial charge in [-0.25, -0.2) is 8.42 Å². The number of halogens is 2. The first-order chi connectivity index (χ1) is 13.8. The summed E-state index contributed by atoms with van der Waals surface area (Å²) in [4.78, 5) is 12.6. The number of benzene rings is 2. The fraction of sp³-hybridized carbons (Fsp3) is 0.350. The van der Waals surface area contributed by atoms with E-state index >= 15 is 0 Å². The Morgan fingerprint density at radius 3 is 2.48 bits per heavy atom. The maximum atomic E-state index is 13.1. The Labute approximate surface area is 189 Å². The predicted molar refractivity (Wildman–Crippen MR) is 122 cm³/mol. The highest BCUT2D eigenvalue weighted by Crippen LogP contribution is 2.32. The van der Waals surface area contributed by atoms with Crippen LogP contribution in [-0.2, 0) is 14.8 Å². The van der Waals surface area contributed by atoms with Crippen LogP contribution in [0.1, 0.15) is 19.8 Å². The Kier molecular flexibility index (Phi) is 7.42. The van der Waals surface area contributed by atoms with E-state index in [1.165, 1.54) is 10.4 Å². The molecule has 0 bridgehead atoms. The molecule has 0 unspecified atom stereocenters. The van der Waals surface area contributed by atoms with Gasteiger partial charge in [0.25, 0.3) is 0 Å². The molecule has 0 atom stereocenters.